The first-order valence-electron chi connectivity index (χ1n) is 8.37. The standard InChI is InChI=1S/C16H23N5O3S/c1-19-5-7-20(8-6-19)14(22)12-25-16-18-17-15(13-4-3-10-24-13)21(16)9-11-23-2/h3-4,10H,5-9,11-12H2,1-2H3/p+1. The lowest BCUT2D eigenvalue weighted by Crippen LogP contribution is -3.12. The van der Waals surface area contributed by atoms with Crippen LogP contribution in [0.5, 0.6) is 0 Å². The third-order valence-electron chi connectivity index (χ3n) is 4.27. The number of nitrogens with one attached hydrogen (secondary N) is 1. The molecule has 0 saturated carbocycles. The molecule has 1 fully saturated rings. The molecular formula is C16H24N5O3S+. The number of thioether (sulfide) groups is 1. The van der Waals surface area contributed by atoms with E-state index >= 15 is 0 Å². The number of quaternary nitrogens is 1. The molecule has 1 amide bonds. The number of hydrogen-bond acceptors (Lipinski definition) is 6. The Bertz CT molecular complexity index is 680. The normalized spacial score (nSPS) is 15.7. The predicted octanol–water partition coefficient (Wildman–Crippen LogP) is -0.366. The van der Waals surface area contributed by atoms with Crippen LogP contribution in [0.25, 0.3) is 11.6 Å². The minimum Gasteiger partial charge on any atom is -0.461 e. The first-order chi connectivity index (χ1) is 12.2. The number of nitrogens with zero attached hydrogens (tertiary/aromatic N) is 4. The first-order valence-corrected chi connectivity index (χ1v) is 9.35. The van der Waals surface area contributed by atoms with Crippen molar-refractivity contribution in [1.29, 1.82) is 0 Å². The molecule has 1 saturated heterocycles. The Hall–Kier alpha value is -1.84. The average Bonchev–Trinajstić information content (AvgIpc) is 3.27. The first kappa shape index (κ1) is 18.0. The SMILES string of the molecule is COCCn1c(SCC(=O)N2CC[NH+](C)CC2)nnc1-c1ccco1. The molecule has 0 aromatic carbocycles. The summed E-state index contributed by atoms with van der Waals surface area (Å²) in [6.45, 7) is 4.78. The van der Waals surface area contributed by atoms with Crippen LogP contribution in [0.4, 0.5) is 0 Å². The van der Waals surface area contributed by atoms with E-state index in [1.54, 1.807) is 13.4 Å². The van der Waals surface area contributed by atoms with Gasteiger partial charge in [-0.25, -0.2) is 0 Å². The summed E-state index contributed by atoms with van der Waals surface area (Å²) in [5.41, 5.74) is 0. The molecule has 0 unspecified atom stereocenters. The number of ether oxygens (including phenoxy) is 1. The van der Waals surface area contributed by atoms with Gasteiger partial charge in [-0.15, -0.1) is 10.2 Å². The van der Waals surface area contributed by atoms with Crippen LogP contribution in [0.1, 0.15) is 0 Å². The van der Waals surface area contributed by atoms with Crippen LogP contribution in [-0.4, -0.2) is 78.3 Å². The molecule has 9 heteroatoms. The van der Waals surface area contributed by atoms with E-state index in [4.69, 9.17) is 9.15 Å². The smallest absolute Gasteiger partial charge is 0.233 e. The van der Waals surface area contributed by atoms with Gasteiger partial charge < -0.3 is 19.0 Å². The molecular weight excluding hydrogens is 342 g/mol. The summed E-state index contributed by atoms with van der Waals surface area (Å²) in [4.78, 5) is 15.8. The molecule has 0 spiro atoms. The van der Waals surface area contributed by atoms with Gasteiger partial charge in [0.1, 0.15) is 0 Å². The van der Waals surface area contributed by atoms with Crippen LogP contribution in [0.2, 0.25) is 0 Å². The molecule has 1 aliphatic heterocycles. The van der Waals surface area contributed by atoms with Crippen molar-refractivity contribution < 1.29 is 18.8 Å². The fourth-order valence-corrected chi connectivity index (χ4v) is 3.59. The summed E-state index contributed by atoms with van der Waals surface area (Å²) in [6, 6.07) is 3.66. The minimum atomic E-state index is 0.151. The molecule has 0 aliphatic carbocycles. The van der Waals surface area contributed by atoms with Crippen molar-refractivity contribution in [2.75, 3.05) is 52.7 Å². The Morgan fingerprint density at radius 3 is 2.88 bits per heavy atom. The maximum Gasteiger partial charge on any atom is 0.233 e. The van der Waals surface area contributed by atoms with Gasteiger partial charge in [0.05, 0.1) is 58.4 Å². The molecule has 1 N–H and O–H groups in total. The van der Waals surface area contributed by atoms with Gasteiger partial charge in [0.15, 0.2) is 10.9 Å². The number of carbonyl (C=O) groups excluding carboxylic acids is 1. The number of likely N-dealkylation sites (N-methyl/N-ethyl adjacent to an activating group) is 1. The third kappa shape index (κ3) is 4.42. The zero-order chi connectivity index (χ0) is 17.6. The number of methoxy groups -OCH3 is 1. The van der Waals surface area contributed by atoms with Crippen LogP contribution >= 0.6 is 11.8 Å². The van der Waals surface area contributed by atoms with Crippen molar-refractivity contribution in [3.8, 4) is 11.6 Å². The van der Waals surface area contributed by atoms with Gasteiger partial charge in [-0.3, -0.25) is 9.36 Å². The highest BCUT2D eigenvalue weighted by atomic mass is 32.2. The van der Waals surface area contributed by atoms with Crippen molar-refractivity contribution in [3.63, 3.8) is 0 Å². The maximum atomic E-state index is 12.4. The van der Waals surface area contributed by atoms with Crippen molar-refractivity contribution >= 4 is 17.7 Å². The molecule has 3 heterocycles. The van der Waals surface area contributed by atoms with Crippen molar-refractivity contribution in [2.24, 2.45) is 0 Å². The van der Waals surface area contributed by atoms with Gasteiger partial charge in [-0.05, 0) is 12.1 Å². The molecule has 8 nitrogen and oxygen atoms in total. The fourth-order valence-electron chi connectivity index (χ4n) is 2.72. The number of piperazine rings is 1. The second kappa shape index (κ2) is 8.50. The second-order valence-electron chi connectivity index (χ2n) is 6.05. The molecule has 0 radical (unpaired) electrons. The van der Waals surface area contributed by atoms with Crippen LogP contribution in [0.3, 0.4) is 0 Å². The molecule has 2 aromatic heterocycles. The molecule has 25 heavy (non-hydrogen) atoms. The number of aromatic nitrogens is 3. The summed E-state index contributed by atoms with van der Waals surface area (Å²) >= 11 is 1.41. The fraction of sp³-hybridized carbons (Fsp3) is 0.562. The number of carbonyl (C=O) groups is 1. The lowest BCUT2D eigenvalue weighted by atomic mass is 10.3. The lowest BCUT2D eigenvalue weighted by Gasteiger charge is -2.29. The summed E-state index contributed by atoms with van der Waals surface area (Å²) < 4.78 is 12.6. The van der Waals surface area contributed by atoms with Gasteiger partial charge in [-0.2, -0.15) is 0 Å². The number of hydrogen-bond donors (Lipinski definition) is 1. The summed E-state index contributed by atoms with van der Waals surface area (Å²) in [5.74, 6) is 1.82. The highest BCUT2D eigenvalue weighted by Gasteiger charge is 2.23. The minimum absolute atomic E-state index is 0.151. The average molecular weight is 366 g/mol. The van der Waals surface area contributed by atoms with Crippen LogP contribution < -0.4 is 4.90 Å². The number of rotatable bonds is 7. The lowest BCUT2D eigenvalue weighted by molar-refractivity contribution is -0.883. The predicted molar refractivity (Wildman–Crippen MR) is 93.5 cm³/mol. The molecule has 3 rings (SSSR count). The molecule has 2 aromatic rings. The highest BCUT2D eigenvalue weighted by Crippen LogP contribution is 2.24. The summed E-state index contributed by atoms with van der Waals surface area (Å²) in [6.07, 6.45) is 1.61. The van der Waals surface area contributed by atoms with Gasteiger partial charge in [0, 0.05) is 7.11 Å². The Labute approximate surface area is 151 Å². The van der Waals surface area contributed by atoms with E-state index in [2.05, 4.69) is 17.2 Å². The van der Waals surface area contributed by atoms with Crippen LogP contribution in [0.15, 0.2) is 28.0 Å². The van der Waals surface area contributed by atoms with E-state index in [-0.39, 0.29) is 5.91 Å². The third-order valence-corrected chi connectivity index (χ3v) is 5.22. The topological polar surface area (TPSA) is 77.8 Å². The molecule has 1 aliphatic rings. The Morgan fingerprint density at radius 1 is 1.40 bits per heavy atom. The monoisotopic (exact) mass is 366 g/mol. The van der Waals surface area contributed by atoms with Gasteiger partial charge in [0.2, 0.25) is 11.7 Å². The van der Waals surface area contributed by atoms with E-state index in [9.17, 15) is 4.79 Å². The number of furan rings is 1. The zero-order valence-corrected chi connectivity index (χ0v) is 15.4. The van der Waals surface area contributed by atoms with Crippen molar-refractivity contribution in [1.82, 2.24) is 19.7 Å². The summed E-state index contributed by atoms with van der Waals surface area (Å²) in [5, 5.41) is 9.17. The molecule has 0 atom stereocenters. The van der Waals surface area contributed by atoms with Gasteiger partial charge in [0.25, 0.3) is 0 Å². The number of amides is 1. The van der Waals surface area contributed by atoms with Crippen molar-refractivity contribution in [2.45, 2.75) is 11.7 Å². The van der Waals surface area contributed by atoms with Crippen LogP contribution in [-0.2, 0) is 16.1 Å². The van der Waals surface area contributed by atoms with E-state index in [1.807, 2.05) is 21.6 Å². The van der Waals surface area contributed by atoms with E-state index in [0.717, 1.165) is 26.2 Å². The zero-order valence-electron chi connectivity index (χ0n) is 14.6. The Kier molecular flexibility index (Phi) is 6.11. The second-order valence-corrected chi connectivity index (χ2v) is 7.00. The largest absolute Gasteiger partial charge is 0.461 e. The maximum absolute atomic E-state index is 12.4. The van der Waals surface area contributed by atoms with E-state index in [0.29, 0.717) is 35.6 Å². The Balaban J connectivity index is 1.66. The van der Waals surface area contributed by atoms with Gasteiger partial charge in [-0.1, -0.05) is 11.8 Å². The quantitative estimate of drug-likeness (QED) is 0.674. The molecule has 0 bridgehead atoms. The molecule has 136 valence electrons. The van der Waals surface area contributed by atoms with E-state index in [1.165, 1.54) is 16.7 Å². The van der Waals surface area contributed by atoms with Crippen molar-refractivity contribution in [3.05, 3.63) is 18.4 Å². The summed E-state index contributed by atoms with van der Waals surface area (Å²) in [7, 11) is 3.81. The van der Waals surface area contributed by atoms with Crippen LogP contribution in [0, 0.1) is 0 Å². The van der Waals surface area contributed by atoms with Gasteiger partial charge >= 0.3 is 0 Å². The highest BCUT2D eigenvalue weighted by molar-refractivity contribution is 7.99. The van der Waals surface area contributed by atoms with E-state index < -0.39 is 0 Å². The Morgan fingerprint density at radius 2 is 2.20 bits per heavy atom.